The summed E-state index contributed by atoms with van der Waals surface area (Å²) in [7, 11) is 0. The first-order valence-electron chi connectivity index (χ1n) is 19.0. The van der Waals surface area contributed by atoms with E-state index in [1.165, 1.54) is 35.4 Å². The predicted molar refractivity (Wildman–Crippen MR) is 200 cm³/mol. The van der Waals surface area contributed by atoms with E-state index < -0.39 is 41.4 Å². The second-order valence-electron chi connectivity index (χ2n) is 14.3. The van der Waals surface area contributed by atoms with E-state index in [1.54, 1.807) is 0 Å². The highest BCUT2D eigenvalue weighted by atomic mass is 16.2. The van der Waals surface area contributed by atoms with E-state index in [1.807, 2.05) is 36.4 Å². The van der Waals surface area contributed by atoms with Gasteiger partial charge in [-0.1, -0.05) is 105 Å². The summed E-state index contributed by atoms with van der Waals surface area (Å²) >= 11 is 0. The summed E-state index contributed by atoms with van der Waals surface area (Å²) in [6.45, 7) is 0. The Labute approximate surface area is 306 Å². The molecule has 0 heterocycles. The normalized spacial score (nSPS) is 20.0. The Bertz CT molecular complexity index is 1630. The molecule has 274 valence electrons. The zero-order chi connectivity index (χ0) is 36.7. The Morgan fingerprint density at radius 1 is 0.615 bits per heavy atom. The molecule has 0 radical (unpaired) electrons. The average molecular weight is 706 g/mol. The Morgan fingerprint density at radius 3 is 1.67 bits per heavy atom. The molecule has 0 bridgehead atoms. The number of carbonyl (C=O) groups excluding carboxylic acids is 6. The highest BCUT2D eigenvalue weighted by Gasteiger charge is 2.35. The number of aryl methyl sites for hydroxylation is 2. The van der Waals surface area contributed by atoms with Crippen LogP contribution in [0.15, 0.2) is 84.9 Å². The van der Waals surface area contributed by atoms with Crippen LogP contribution in [0, 0.1) is 11.8 Å². The maximum Gasteiger partial charge on any atom is 0.292 e. The number of amides is 3. The summed E-state index contributed by atoms with van der Waals surface area (Å²) in [6.07, 6.45) is 12.1. The van der Waals surface area contributed by atoms with E-state index in [0.717, 1.165) is 70.5 Å². The molecule has 2 aliphatic rings. The number of benzene rings is 3. The molecule has 0 aromatic heterocycles. The fraction of sp³-hybridized carbons (Fsp3) is 0.442. The van der Waals surface area contributed by atoms with Crippen LogP contribution in [0.1, 0.15) is 109 Å². The van der Waals surface area contributed by atoms with Crippen molar-refractivity contribution in [1.29, 1.82) is 0 Å². The Balaban J connectivity index is 1.18. The van der Waals surface area contributed by atoms with Crippen molar-refractivity contribution in [3.05, 3.63) is 107 Å². The van der Waals surface area contributed by atoms with Crippen LogP contribution < -0.4 is 16.0 Å². The summed E-state index contributed by atoms with van der Waals surface area (Å²) in [6, 6.07) is 25.3. The monoisotopic (exact) mass is 705 g/mol. The molecule has 5 rings (SSSR count). The summed E-state index contributed by atoms with van der Waals surface area (Å²) in [4.78, 5) is 77.7. The van der Waals surface area contributed by atoms with Crippen LogP contribution in [-0.4, -0.2) is 53.7 Å². The van der Waals surface area contributed by atoms with Gasteiger partial charge in [-0.25, -0.2) is 0 Å². The van der Waals surface area contributed by atoms with Crippen LogP contribution in [0.4, 0.5) is 0 Å². The molecule has 0 saturated heterocycles. The number of aldehydes is 1. The molecule has 2 unspecified atom stereocenters. The summed E-state index contributed by atoms with van der Waals surface area (Å²) in [5.74, 6) is -4.28. The van der Waals surface area contributed by atoms with Crippen LogP contribution in [0.25, 0.3) is 0 Å². The van der Waals surface area contributed by atoms with E-state index in [4.69, 9.17) is 0 Å². The van der Waals surface area contributed by atoms with Crippen LogP contribution in [-0.2, 0) is 32.0 Å². The van der Waals surface area contributed by atoms with Gasteiger partial charge in [0.2, 0.25) is 17.5 Å². The van der Waals surface area contributed by atoms with Crippen LogP contribution in [0.2, 0.25) is 0 Å². The van der Waals surface area contributed by atoms with Crippen LogP contribution >= 0.6 is 0 Å². The van der Waals surface area contributed by atoms with E-state index in [9.17, 15) is 28.8 Å². The van der Waals surface area contributed by atoms with Crippen molar-refractivity contribution in [3.8, 4) is 0 Å². The number of ketones is 2. The van der Waals surface area contributed by atoms with Gasteiger partial charge in [0, 0.05) is 35.2 Å². The van der Waals surface area contributed by atoms with E-state index in [0.29, 0.717) is 25.7 Å². The molecule has 3 amide bonds. The summed E-state index contributed by atoms with van der Waals surface area (Å²) < 4.78 is 0. The fourth-order valence-electron chi connectivity index (χ4n) is 7.64. The third-order valence-electron chi connectivity index (χ3n) is 10.6. The molecule has 0 spiro atoms. The number of carbonyl (C=O) groups is 6. The molecule has 2 saturated carbocycles. The fourth-order valence-corrected chi connectivity index (χ4v) is 7.64. The van der Waals surface area contributed by atoms with Gasteiger partial charge < -0.3 is 20.7 Å². The number of hydrogen-bond acceptors (Lipinski definition) is 6. The standard InChI is InChI=1S/C43H51N3O6/c47-29-34-20-7-9-26-37(34)45-42(51)39(48)32-21-13-22-33(28-32)40(49)43(52)46-38-27-10-8-25-36(38)41(50)44-35(23-11-18-30-14-3-1-4-15-30)24-12-19-31-16-5-2-6-17-31/h1-6,13-17,21-22,28-29,34-38H,7-12,18-20,23-27H2,(H,44,50)(H,45,51)(H,46,52)/t34-,36+,37?,38?/m0/s1. The number of nitrogens with one attached hydrogen (secondary N) is 3. The number of Topliss-reactive ketones (excluding diaryl/α,β-unsaturated/α-hetero) is 2. The second kappa shape index (κ2) is 19.6. The van der Waals surface area contributed by atoms with Gasteiger partial charge in [0.15, 0.2) is 0 Å². The second-order valence-corrected chi connectivity index (χ2v) is 14.3. The highest BCUT2D eigenvalue weighted by Crippen LogP contribution is 2.26. The van der Waals surface area contributed by atoms with Gasteiger partial charge in [-0.05, 0) is 81.4 Å². The molecule has 2 aliphatic carbocycles. The highest BCUT2D eigenvalue weighted by molar-refractivity contribution is 6.45. The van der Waals surface area contributed by atoms with Crippen molar-refractivity contribution in [2.75, 3.05) is 0 Å². The maximum atomic E-state index is 13.8. The maximum absolute atomic E-state index is 13.8. The molecule has 2 fully saturated rings. The quantitative estimate of drug-likeness (QED) is 0.0878. The molecular formula is C43H51N3O6. The Morgan fingerprint density at radius 2 is 1.12 bits per heavy atom. The molecule has 9 nitrogen and oxygen atoms in total. The Hall–Kier alpha value is -4.92. The minimum Gasteiger partial charge on any atom is -0.353 e. The van der Waals surface area contributed by atoms with Gasteiger partial charge >= 0.3 is 0 Å². The summed E-state index contributed by atoms with van der Waals surface area (Å²) in [5.41, 5.74) is 2.49. The first-order chi connectivity index (χ1) is 25.3. The molecular weight excluding hydrogens is 654 g/mol. The topological polar surface area (TPSA) is 139 Å². The minimum absolute atomic E-state index is 0.0141. The van der Waals surface area contributed by atoms with Crippen molar-refractivity contribution >= 4 is 35.6 Å². The van der Waals surface area contributed by atoms with E-state index in [-0.39, 0.29) is 29.0 Å². The zero-order valence-corrected chi connectivity index (χ0v) is 29.9. The summed E-state index contributed by atoms with van der Waals surface area (Å²) in [5, 5.41) is 8.85. The molecule has 9 heteroatoms. The van der Waals surface area contributed by atoms with Gasteiger partial charge in [-0.15, -0.1) is 0 Å². The molecule has 0 aliphatic heterocycles. The molecule has 4 atom stereocenters. The van der Waals surface area contributed by atoms with Crippen molar-refractivity contribution in [2.24, 2.45) is 11.8 Å². The Kier molecular flexibility index (Phi) is 14.5. The van der Waals surface area contributed by atoms with Gasteiger partial charge in [-0.3, -0.25) is 24.0 Å². The third-order valence-corrected chi connectivity index (χ3v) is 10.6. The lowest BCUT2D eigenvalue weighted by Gasteiger charge is -2.32. The molecule has 3 aromatic carbocycles. The predicted octanol–water partition coefficient (Wildman–Crippen LogP) is 6.13. The lowest BCUT2D eigenvalue weighted by atomic mass is 9.83. The first kappa shape index (κ1) is 38.3. The SMILES string of the molecule is O=C[C@@H]1CCCCC1NC(=O)C(=O)c1cccc(C(=O)C(=O)NC2CCCC[C@H]2C(=O)NC(CCCc2ccccc2)CCCc2ccccc2)c1. The first-order valence-corrected chi connectivity index (χ1v) is 19.0. The molecule has 3 aromatic rings. The van der Waals surface area contributed by atoms with Gasteiger partial charge in [0.05, 0.1) is 5.92 Å². The van der Waals surface area contributed by atoms with Crippen molar-refractivity contribution in [1.82, 2.24) is 16.0 Å². The van der Waals surface area contributed by atoms with Crippen molar-refractivity contribution in [3.63, 3.8) is 0 Å². The molecule has 52 heavy (non-hydrogen) atoms. The van der Waals surface area contributed by atoms with Crippen LogP contribution in [0.5, 0.6) is 0 Å². The smallest absolute Gasteiger partial charge is 0.292 e. The number of rotatable bonds is 17. The van der Waals surface area contributed by atoms with E-state index in [2.05, 4.69) is 40.2 Å². The van der Waals surface area contributed by atoms with E-state index >= 15 is 0 Å². The minimum atomic E-state index is -0.850. The molecule has 3 N–H and O–H groups in total. The van der Waals surface area contributed by atoms with Crippen molar-refractivity contribution < 1.29 is 28.8 Å². The van der Waals surface area contributed by atoms with Gasteiger partial charge in [0.1, 0.15) is 6.29 Å². The lowest BCUT2D eigenvalue weighted by Crippen LogP contribution is -2.51. The third kappa shape index (κ3) is 11.0. The van der Waals surface area contributed by atoms with Crippen molar-refractivity contribution in [2.45, 2.75) is 108 Å². The average Bonchev–Trinajstić information content (AvgIpc) is 3.18. The number of hydrogen-bond donors (Lipinski definition) is 3. The zero-order valence-electron chi connectivity index (χ0n) is 29.9. The largest absolute Gasteiger partial charge is 0.353 e. The van der Waals surface area contributed by atoms with Gasteiger partial charge in [0.25, 0.3) is 11.8 Å². The van der Waals surface area contributed by atoms with Crippen LogP contribution in [0.3, 0.4) is 0 Å². The van der Waals surface area contributed by atoms with Gasteiger partial charge in [-0.2, -0.15) is 0 Å². The lowest BCUT2D eigenvalue weighted by molar-refractivity contribution is -0.128.